The summed E-state index contributed by atoms with van der Waals surface area (Å²) in [6, 6.07) is 12.0. The minimum Gasteiger partial charge on any atom is -0.479 e. The van der Waals surface area contributed by atoms with Crippen molar-refractivity contribution in [1.82, 2.24) is 20.2 Å². The first-order valence-corrected chi connectivity index (χ1v) is 10.7. The molecular formula is C22H27ClN6O4. The molecule has 176 valence electrons. The zero-order valence-corrected chi connectivity index (χ0v) is 19.6. The fraction of sp³-hybridized carbons (Fsp3) is 0.409. The Labute approximate surface area is 196 Å². The molecule has 3 atom stereocenters. The van der Waals surface area contributed by atoms with Gasteiger partial charge >= 0.3 is 0 Å². The summed E-state index contributed by atoms with van der Waals surface area (Å²) in [6.45, 7) is 2.01. The average Bonchev–Trinajstić information content (AvgIpc) is 3.20. The van der Waals surface area contributed by atoms with E-state index in [4.69, 9.17) is 31.5 Å². The molecule has 0 saturated carbocycles. The highest BCUT2D eigenvalue weighted by atomic mass is 35.5. The number of halogens is 1. The number of nitrogen functional groups attached to an aromatic ring is 1. The van der Waals surface area contributed by atoms with Gasteiger partial charge in [-0.05, 0) is 54.6 Å². The third-order valence-electron chi connectivity index (χ3n) is 5.82. The molecule has 0 unspecified atom stereocenters. The van der Waals surface area contributed by atoms with Crippen LogP contribution in [0.15, 0.2) is 42.5 Å². The predicted molar refractivity (Wildman–Crippen MR) is 123 cm³/mol. The van der Waals surface area contributed by atoms with Crippen molar-refractivity contribution in [2.24, 2.45) is 7.05 Å². The van der Waals surface area contributed by atoms with Gasteiger partial charge in [-0.2, -0.15) is 4.80 Å². The predicted octanol–water partition coefficient (Wildman–Crippen LogP) is 2.32. The Morgan fingerprint density at radius 1 is 1.24 bits per heavy atom. The highest BCUT2D eigenvalue weighted by Gasteiger charge is 2.54. The van der Waals surface area contributed by atoms with Crippen LogP contribution in [0, 0.1) is 0 Å². The normalized spacial score (nSPS) is 22.2. The van der Waals surface area contributed by atoms with Gasteiger partial charge < -0.3 is 30.0 Å². The van der Waals surface area contributed by atoms with E-state index in [1.165, 1.54) is 19.0 Å². The van der Waals surface area contributed by atoms with E-state index in [2.05, 4.69) is 15.4 Å². The number of tetrazole rings is 1. The monoisotopic (exact) mass is 474 g/mol. The van der Waals surface area contributed by atoms with Gasteiger partial charge in [-0.1, -0.05) is 11.6 Å². The summed E-state index contributed by atoms with van der Waals surface area (Å²) in [7, 11) is 4.70. The molecule has 3 aromatic rings. The first-order chi connectivity index (χ1) is 15.8. The lowest BCUT2D eigenvalue weighted by Crippen LogP contribution is -2.62. The summed E-state index contributed by atoms with van der Waals surface area (Å²) in [4.78, 5) is 3.36. The summed E-state index contributed by atoms with van der Waals surface area (Å²) in [5, 5.41) is 24.8. The van der Waals surface area contributed by atoms with Gasteiger partial charge in [0.25, 0.3) is 0 Å². The lowest BCUT2D eigenvalue weighted by Gasteiger charge is -2.49. The van der Waals surface area contributed by atoms with Gasteiger partial charge in [-0.15, -0.1) is 10.2 Å². The summed E-state index contributed by atoms with van der Waals surface area (Å²) in [5.41, 5.74) is 6.93. The Morgan fingerprint density at radius 3 is 2.55 bits per heavy atom. The van der Waals surface area contributed by atoms with Crippen molar-refractivity contribution in [2.45, 2.75) is 37.5 Å². The molecule has 1 aromatic heterocycles. The topological polar surface area (TPSA) is 121 Å². The molecule has 0 aliphatic carbocycles. The Kier molecular flexibility index (Phi) is 6.44. The summed E-state index contributed by atoms with van der Waals surface area (Å²) >= 11 is 6.15. The lowest BCUT2D eigenvalue weighted by molar-refractivity contribution is -0.237. The molecule has 0 fully saturated rings. The van der Waals surface area contributed by atoms with E-state index in [1.807, 2.05) is 17.0 Å². The second-order valence-electron chi connectivity index (χ2n) is 8.08. The van der Waals surface area contributed by atoms with Crippen LogP contribution in [0.5, 0.6) is 5.75 Å². The van der Waals surface area contributed by atoms with E-state index in [0.717, 1.165) is 5.69 Å². The number of aliphatic hydroxyl groups excluding tert-OH is 1. The molecule has 2 heterocycles. The van der Waals surface area contributed by atoms with E-state index < -0.39 is 24.0 Å². The fourth-order valence-electron chi connectivity index (χ4n) is 4.28. The average molecular weight is 475 g/mol. The number of ether oxygens (including phenoxy) is 3. The molecule has 0 amide bonds. The molecule has 0 saturated heterocycles. The van der Waals surface area contributed by atoms with Crippen LogP contribution in [0.1, 0.15) is 24.4 Å². The third kappa shape index (κ3) is 4.34. The van der Waals surface area contributed by atoms with Crippen molar-refractivity contribution < 1.29 is 19.3 Å². The molecule has 2 aromatic carbocycles. The highest BCUT2D eigenvalue weighted by molar-refractivity contribution is 6.30. The number of aromatic nitrogens is 4. The maximum Gasteiger partial charge on any atom is 0.199 e. The maximum absolute atomic E-state index is 11.8. The first kappa shape index (κ1) is 23.2. The quantitative estimate of drug-likeness (QED) is 0.392. The van der Waals surface area contributed by atoms with Gasteiger partial charge in [0.15, 0.2) is 17.7 Å². The number of hydrogen-bond donors (Lipinski definition) is 2. The number of benzene rings is 2. The lowest BCUT2D eigenvalue weighted by atomic mass is 9.83. The Hall–Kier alpha value is -2.92. The smallest absolute Gasteiger partial charge is 0.199 e. The van der Waals surface area contributed by atoms with E-state index in [9.17, 15) is 5.11 Å². The first-order valence-electron chi connectivity index (χ1n) is 10.3. The van der Waals surface area contributed by atoms with Crippen LogP contribution in [-0.2, 0) is 23.1 Å². The highest BCUT2D eigenvalue weighted by Crippen LogP contribution is 2.47. The molecule has 0 bridgehead atoms. The molecule has 11 heteroatoms. The number of aryl methyl sites for hydroxylation is 1. The molecule has 4 rings (SSSR count). The number of fused-ring (bicyclic) bond motifs is 1. The van der Waals surface area contributed by atoms with Crippen LogP contribution < -0.4 is 15.4 Å². The molecular weight excluding hydrogens is 448 g/mol. The molecule has 10 nitrogen and oxygen atoms in total. The van der Waals surface area contributed by atoms with Crippen molar-refractivity contribution in [2.75, 3.05) is 24.9 Å². The molecule has 33 heavy (non-hydrogen) atoms. The van der Waals surface area contributed by atoms with Crippen molar-refractivity contribution >= 4 is 23.0 Å². The van der Waals surface area contributed by atoms with Crippen LogP contribution in [0.4, 0.5) is 11.4 Å². The van der Waals surface area contributed by atoms with Gasteiger partial charge in [-0.3, -0.25) is 0 Å². The van der Waals surface area contributed by atoms with Gasteiger partial charge in [-0.25, -0.2) is 0 Å². The van der Waals surface area contributed by atoms with E-state index in [-0.39, 0.29) is 6.54 Å². The minimum atomic E-state index is -1.24. The van der Waals surface area contributed by atoms with Gasteiger partial charge in [0.05, 0.1) is 19.6 Å². The SMILES string of the molecule is COC(OC)[C@@]1(C)Oc2ccc(N)cc2[C@@H](N(Cc2nnn(C)n2)c2ccc(Cl)cc2)[C@@H]1O. The Bertz CT molecular complexity index is 1110. The van der Waals surface area contributed by atoms with Gasteiger partial charge in [0, 0.05) is 36.2 Å². The van der Waals surface area contributed by atoms with Crippen LogP contribution in [0.25, 0.3) is 0 Å². The van der Waals surface area contributed by atoms with E-state index in [0.29, 0.717) is 27.8 Å². The summed E-state index contributed by atoms with van der Waals surface area (Å²) < 4.78 is 17.3. The van der Waals surface area contributed by atoms with Gasteiger partial charge in [0.1, 0.15) is 11.9 Å². The molecule has 1 aliphatic rings. The second-order valence-corrected chi connectivity index (χ2v) is 8.51. The van der Waals surface area contributed by atoms with Crippen molar-refractivity contribution in [3.63, 3.8) is 0 Å². The van der Waals surface area contributed by atoms with Gasteiger partial charge in [0.2, 0.25) is 0 Å². The largest absolute Gasteiger partial charge is 0.479 e. The van der Waals surface area contributed by atoms with E-state index >= 15 is 0 Å². The van der Waals surface area contributed by atoms with Crippen LogP contribution >= 0.6 is 11.6 Å². The third-order valence-corrected chi connectivity index (χ3v) is 6.07. The fourth-order valence-corrected chi connectivity index (χ4v) is 4.41. The number of methoxy groups -OCH3 is 2. The number of anilines is 2. The molecule has 0 radical (unpaired) electrons. The van der Waals surface area contributed by atoms with Crippen LogP contribution in [0.2, 0.25) is 5.02 Å². The Balaban J connectivity index is 1.89. The minimum absolute atomic E-state index is 0.256. The van der Waals surface area contributed by atoms with Crippen LogP contribution in [0.3, 0.4) is 0 Å². The summed E-state index contributed by atoms with van der Waals surface area (Å²) in [5.74, 6) is 1.04. The van der Waals surface area contributed by atoms with Crippen molar-refractivity contribution in [1.29, 1.82) is 0 Å². The number of aliphatic hydroxyl groups is 1. The van der Waals surface area contributed by atoms with Crippen molar-refractivity contribution in [3.05, 3.63) is 58.9 Å². The number of nitrogens with zero attached hydrogens (tertiary/aromatic N) is 5. The van der Waals surface area contributed by atoms with Crippen LogP contribution in [-0.4, -0.2) is 57.5 Å². The Morgan fingerprint density at radius 2 is 1.94 bits per heavy atom. The molecule has 1 aliphatic heterocycles. The van der Waals surface area contributed by atoms with Crippen molar-refractivity contribution in [3.8, 4) is 5.75 Å². The van der Waals surface area contributed by atoms with E-state index in [1.54, 1.807) is 44.3 Å². The molecule has 3 N–H and O–H groups in total. The number of rotatable bonds is 7. The summed E-state index contributed by atoms with van der Waals surface area (Å²) in [6.07, 6.45) is -1.94. The second kappa shape index (κ2) is 9.14. The number of nitrogens with two attached hydrogens (primary N) is 1. The zero-order valence-electron chi connectivity index (χ0n) is 18.8. The standard InChI is InChI=1S/C22H27ClN6O4/c1-22(21(31-3)32-4)20(30)19(16-11-14(24)7-10-17(16)33-22)29(12-18-25-27-28(2)26-18)15-8-5-13(23)6-9-15/h5-11,19-21,30H,12,24H2,1-4H3/t19-,20+,22+/m1/s1. The maximum atomic E-state index is 11.8. The molecule has 0 spiro atoms. The number of hydrogen-bond acceptors (Lipinski definition) is 9. The zero-order chi connectivity index (χ0) is 23.8.